The summed E-state index contributed by atoms with van der Waals surface area (Å²) in [6.07, 6.45) is 0.354. The quantitative estimate of drug-likeness (QED) is 0.717. The molecule has 5 heteroatoms. The van der Waals surface area contributed by atoms with Crippen molar-refractivity contribution in [3.63, 3.8) is 0 Å². The number of amides is 1. The van der Waals surface area contributed by atoms with Gasteiger partial charge in [0, 0.05) is 29.7 Å². The average Bonchev–Trinajstić information content (AvgIpc) is 2.56. The summed E-state index contributed by atoms with van der Waals surface area (Å²) < 4.78 is 0. The summed E-state index contributed by atoms with van der Waals surface area (Å²) in [6, 6.07) is 13.2. The molecule has 2 rings (SSSR count). The summed E-state index contributed by atoms with van der Waals surface area (Å²) in [5.41, 5.74) is 3.62. The number of nitrogens with one attached hydrogen (secondary N) is 2. The highest BCUT2D eigenvalue weighted by molar-refractivity contribution is 6.31. The third-order valence-electron chi connectivity index (χ3n) is 3.88. The molecule has 0 heterocycles. The number of anilines is 1. The molecule has 4 nitrogen and oxygen atoms in total. The van der Waals surface area contributed by atoms with E-state index in [1.165, 1.54) is 0 Å². The first kappa shape index (κ1) is 18.5. The molecule has 0 saturated carbocycles. The summed E-state index contributed by atoms with van der Waals surface area (Å²) in [4.78, 5) is 12.1. The smallest absolute Gasteiger partial charge is 0.225 e. The maximum absolute atomic E-state index is 12.1. The van der Waals surface area contributed by atoms with Crippen molar-refractivity contribution in [2.75, 3.05) is 5.32 Å². The minimum Gasteiger partial charge on any atom is -0.392 e. The Labute approximate surface area is 147 Å². The molecular formula is C19H23ClN2O2. The van der Waals surface area contributed by atoms with Crippen LogP contribution >= 0.6 is 11.6 Å². The lowest BCUT2D eigenvalue weighted by atomic mass is 10.1. The Morgan fingerprint density at radius 2 is 1.92 bits per heavy atom. The highest BCUT2D eigenvalue weighted by Gasteiger charge is 2.10. The lowest BCUT2D eigenvalue weighted by Gasteiger charge is -2.15. The Balaban J connectivity index is 1.84. The van der Waals surface area contributed by atoms with E-state index in [-0.39, 0.29) is 18.6 Å². The molecule has 0 aliphatic heterocycles. The van der Waals surface area contributed by atoms with Crippen LogP contribution in [-0.2, 0) is 17.9 Å². The van der Waals surface area contributed by atoms with Crippen LogP contribution in [0.15, 0.2) is 42.5 Å². The molecule has 0 aliphatic rings. The number of aliphatic hydroxyl groups excluding tert-OH is 1. The molecule has 1 unspecified atom stereocenters. The second-order valence-corrected chi connectivity index (χ2v) is 6.33. The molecule has 0 fully saturated rings. The van der Waals surface area contributed by atoms with Crippen molar-refractivity contribution in [1.29, 1.82) is 0 Å². The summed E-state index contributed by atoms with van der Waals surface area (Å²) in [7, 11) is 0. The van der Waals surface area contributed by atoms with Gasteiger partial charge in [0.05, 0.1) is 6.61 Å². The van der Waals surface area contributed by atoms with Gasteiger partial charge >= 0.3 is 0 Å². The summed E-state index contributed by atoms with van der Waals surface area (Å²) >= 11 is 6.07. The van der Waals surface area contributed by atoms with Gasteiger partial charge in [0.1, 0.15) is 0 Å². The maximum Gasteiger partial charge on any atom is 0.225 e. The molecule has 2 aromatic rings. The molecule has 0 radical (unpaired) electrons. The number of carbonyl (C=O) groups excluding carboxylic acids is 1. The zero-order chi connectivity index (χ0) is 17.5. The van der Waals surface area contributed by atoms with Crippen LogP contribution in [0.5, 0.6) is 0 Å². The molecule has 128 valence electrons. The largest absolute Gasteiger partial charge is 0.392 e. The first-order chi connectivity index (χ1) is 11.5. The van der Waals surface area contributed by atoms with Gasteiger partial charge in [-0.25, -0.2) is 0 Å². The van der Waals surface area contributed by atoms with E-state index in [1.54, 1.807) is 6.07 Å². The van der Waals surface area contributed by atoms with E-state index >= 15 is 0 Å². The third kappa shape index (κ3) is 5.34. The van der Waals surface area contributed by atoms with Gasteiger partial charge in [0.25, 0.3) is 0 Å². The van der Waals surface area contributed by atoms with E-state index < -0.39 is 0 Å². The Kier molecular flexibility index (Phi) is 6.79. The fourth-order valence-electron chi connectivity index (χ4n) is 2.40. The van der Waals surface area contributed by atoms with E-state index in [0.717, 1.165) is 16.7 Å². The zero-order valence-corrected chi connectivity index (χ0v) is 14.7. The monoisotopic (exact) mass is 346 g/mol. The van der Waals surface area contributed by atoms with Gasteiger partial charge in [0.15, 0.2) is 0 Å². The van der Waals surface area contributed by atoms with Crippen molar-refractivity contribution in [1.82, 2.24) is 5.32 Å². The molecule has 24 heavy (non-hydrogen) atoms. The predicted molar refractivity (Wildman–Crippen MR) is 98.1 cm³/mol. The van der Waals surface area contributed by atoms with Crippen LogP contribution < -0.4 is 10.6 Å². The van der Waals surface area contributed by atoms with Crippen LogP contribution in [0.4, 0.5) is 5.69 Å². The Bertz CT molecular complexity index is 704. The minimum atomic E-state index is -0.0645. The molecule has 1 atom stereocenters. The minimum absolute atomic E-state index is 0.0117. The first-order valence-corrected chi connectivity index (χ1v) is 8.34. The molecule has 1 amide bonds. The summed E-state index contributed by atoms with van der Waals surface area (Å²) in [5, 5.41) is 16.1. The number of rotatable bonds is 7. The van der Waals surface area contributed by atoms with Crippen molar-refractivity contribution < 1.29 is 9.90 Å². The summed E-state index contributed by atoms with van der Waals surface area (Å²) in [6.45, 7) is 4.51. The van der Waals surface area contributed by atoms with Crippen molar-refractivity contribution >= 4 is 23.2 Å². The lowest BCUT2D eigenvalue weighted by molar-refractivity contribution is -0.116. The van der Waals surface area contributed by atoms with E-state index in [9.17, 15) is 9.90 Å². The van der Waals surface area contributed by atoms with Gasteiger partial charge in [0.2, 0.25) is 5.91 Å². The van der Waals surface area contributed by atoms with Crippen molar-refractivity contribution in [3.05, 3.63) is 64.2 Å². The van der Waals surface area contributed by atoms with Crippen LogP contribution in [0.2, 0.25) is 5.02 Å². The second-order valence-electron chi connectivity index (χ2n) is 5.93. The van der Waals surface area contributed by atoms with Crippen LogP contribution in [0.25, 0.3) is 0 Å². The first-order valence-electron chi connectivity index (χ1n) is 7.96. The number of halogens is 1. The molecule has 0 aromatic heterocycles. The molecule has 0 saturated heterocycles. The maximum atomic E-state index is 12.1. The van der Waals surface area contributed by atoms with E-state index in [4.69, 9.17) is 11.6 Å². The molecule has 0 spiro atoms. The van der Waals surface area contributed by atoms with Gasteiger partial charge in [-0.15, -0.1) is 0 Å². The second kappa shape index (κ2) is 8.83. The predicted octanol–water partition coefficient (Wildman–Crippen LogP) is 3.65. The van der Waals surface area contributed by atoms with Crippen LogP contribution in [-0.4, -0.2) is 17.1 Å². The summed E-state index contributed by atoms with van der Waals surface area (Å²) in [5.74, 6) is -0.0645. The molecular weight excluding hydrogens is 324 g/mol. The van der Waals surface area contributed by atoms with Gasteiger partial charge in [-0.2, -0.15) is 0 Å². The van der Waals surface area contributed by atoms with Gasteiger partial charge < -0.3 is 15.7 Å². The number of hydrogen-bond acceptors (Lipinski definition) is 3. The molecule has 2 aromatic carbocycles. The van der Waals surface area contributed by atoms with Crippen molar-refractivity contribution in [3.8, 4) is 0 Å². The van der Waals surface area contributed by atoms with Crippen LogP contribution in [0, 0.1) is 6.92 Å². The fourth-order valence-corrected chi connectivity index (χ4v) is 2.58. The van der Waals surface area contributed by atoms with E-state index in [1.807, 2.05) is 50.2 Å². The average molecular weight is 347 g/mol. The van der Waals surface area contributed by atoms with E-state index in [2.05, 4.69) is 10.6 Å². The van der Waals surface area contributed by atoms with Crippen molar-refractivity contribution in [2.24, 2.45) is 0 Å². The highest BCUT2D eigenvalue weighted by Crippen LogP contribution is 2.20. The third-order valence-corrected chi connectivity index (χ3v) is 4.28. The van der Waals surface area contributed by atoms with Crippen molar-refractivity contribution in [2.45, 2.75) is 39.5 Å². The number of carbonyl (C=O) groups is 1. The van der Waals surface area contributed by atoms with Gasteiger partial charge in [-0.1, -0.05) is 41.9 Å². The fraction of sp³-hybridized carbons (Fsp3) is 0.316. The van der Waals surface area contributed by atoms with E-state index in [0.29, 0.717) is 23.7 Å². The van der Waals surface area contributed by atoms with Crippen LogP contribution in [0.1, 0.15) is 30.0 Å². The topological polar surface area (TPSA) is 61.4 Å². The Hall–Kier alpha value is -1.88. The normalized spacial score (nSPS) is 12.0. The lowest BCUT2D eigenvalue weighted by Crippen LogP contribution is -2.30. The zero-order valence-electron chi connectivity index (χ0n) is 14.0. The Morgan fingerprint density at radius 1 is 1.21 bits per heavy atom. The van der Waals surface area contributed by atoms with Gasteiger partial charge in [-0.05, 0) is 42.7 Å². The number of aryl methyl sites for hydroxylation is 1. The number of benzene rings is 2. The molecule has 0 bridgehead atoms. The number of hydrogen-bond donors (Lipinski definition) is 3. The standard InChI is InChI=1S/C19H23ClN2O2/c1-13-7-8-17(10-18(13)20)22-19(24)9-14(2)21-11-15-5-3-4-6-16(15)12-23/h3-8,10,14,21,23H,9,11-12H2,1-2H3,(H,22,24). The van der Waals surface area contributed by atoms with Crippen LogP contribution in [0.3, 0.4) is 0 Å². The Morgan fingerprint density at radius 3 is 2.58 bits per heavy atom. The number of aliphatic hydroxyl groups is 1. The molecule has 0 aliphatic carbocycles. The van der Waals surface area contributed by atoms with Gasteiger partial charge in [-0.3, -0.25) is 4.79 Å². The molecule has 3 N–H and O–H groups in total. The SMILES string of the molecule is Cc1ccc(NC(=O)CC(C)NCc2ccccc2CO)cc1Cl. The highest BCUT2D eigenvalue weighted by atomic mass is 35.5.